The lowest BCUT2D eigenvalue weighted by molar-refractivity contribution is 0.0594. The van der Waals surface area contributed by atoms with Crippen molar-refractivity contribution in [1.82, 2.24) is 25.5 Å². The Morgan fingerprint density at radius 2 is 2.10 bits per heavy atom. The summed E-state index contributed by atoms with van der Waals surface area (Å²) in [4.78, 5) is 23.4. The standard InChI is InChI=1S/C20H31N7O2/c1-6-7-14-10-15(8-12(2)21-14)27(4)20-22-16(19(28)29-5)11-17(24-20)23-18-9-13(3)25-26-18/h9,11-12,14-15,21H,6-8,10H2,1-5H3,(H2,22,23,24,25,26)/t12-,14+,15-/m1/s1. The number of aromatic nitrogens is 4. The van der Waals surface area contributed by atoms with E-state index in [0.29, 0.717) is 29.7 Å². The van der Waals surface area contributed by atoms with E-state index in [1.807, 2.05) is 20.0 Å². The molecule has 0 spiro atoms. The first-order valence-electron chi connectivity index (χ1n) is 10.1. The van der Waals surface area contributed by atoms with Crippen molar-refractivity contribution < 1.29 is 9.53 Å². The van der Waals surface area contributed by atoms with Crippen molar-refractivity contribution >= 4 is 23.6 Å². The van der Waals surface area contributed by atoms with Crippen molar-refractivity contribution in [3.63, 3.8) is 0 Å². The smallest absolute Gasteiger partial charge is 0.356 e. The van der Waals surface area contributed by atoms with Crippen LogP contribution in [0.15, 0.2) is 12.1 Å². The van der Waals surface area contributed by atoms with E-state index in [1.165, 1.54) is 7.11 Å². The number of H-pyrrole nitrogens is 1. The van der Waals surface area contributed by atoms with Crippen LogP contribution in [-0.2, 0) is 4.74 Å². The number of hydrogen-bond acceptors (Lipinski definition) is 8. The second-order valence-electron chi connectivity index (χ2n) is 7.78. The highest BCUT2D eigenvalue weighted by atomic mass is 16.5. The Morgan fingerprint density at radius 3 is 2.76 bits per heavy atom. The summed E-state index contributed by atoms with van der Waals surface area (Å²) in [5.74, 6) is 1.13. The Hall–Kier alpha value is -2.68. The number of aromatic amines is 1. The number of carbonyl (C=O) groups excluding carboxylic acids is 1. The Kier molecular flexibility index (Phi) is 6.68. The highest BCUT2D eigenvalue weighted by molar-refractivity contribution is 5.88. The number of anilines is 3. The van der Waals surface area contributed by atoms with Gasteiger partial charge < -0.3 is 20.3 Å². The average Bonchev–Trinajstić information content (AvgIpc) is 3.10. The monoisotopic (exact) mass is 401 g/mol. The normalized spacial score (nSPS) is 21.6. The number of ether oxygens (including phenoxy) is 1. The maximum atomic E-state index is 12.2. The Morgan fingerprint density at radius 1 is 1.31 bits per heavy atom. The van der Waals surface area contributed by atoms with Gasteiger partial charge in [-0.25, -0.2) is 9.78 Å². The molecule has 3 N–H and O–H groups in total. The van der Waals surface area contributed by atoms with E-state index < -0.39 is 5.97 Å². The molecule has 1 aliphatic rings. The molecule has 0 amide bonds. The molecular weight excluding hydrogens is 370 g/mol. The molecule has 3 rings (SSSR count). The average molecular weight is 402 g/mol. The lowest BCUT2D eigenvalue weighted by atomic mass is 9.91. The third-order valence-corrected chi connectivity index (χ3v) is 5.27. The summed E-state index contributed by atoms with van der Waals surface area (Å²) in [5.41, 5.74) is 1.14. The highest BCUT2D eigenvalue weighted by Crippen LogP contribution is 2.25. The van der Waals surface area contributed by atoms with Crippen molar-refractivity contribution in [3.8, 4) is 0 Å². The predicted molar refractivity (Wildman–Crippen MR) is 113 cm³/mol. The molecule has 0 unspecified atom stereocenters. The van der Waals surface area contributed by atoms with E-state index in [2.05, 4.69) is 49.5 Å². The molecule has 1 aliphatic heterocycles. The van der Waals surface area contributed by atoms with Gasteiger partial charge in [-0.15, -0.1) is 0 Å². The molecule has 3 atom stereocenters. The summed E-state index contributed by atoms with van der Waals surface area (Å²) in [6, 6.07) is 4.63. The molecule has 9 nitrogen and oxygen atoms in total. The first kappa shape index (κ1) is 21.0. The summed E-state index contributed by atoms with van der Waals surface area (Å²) >= 11 is 0. The molecule has 1 fully saturated rings. The van der Waals surface area contributed by atoms with Crippen LogP contribution in [0.3, 0.4) is 0 Å². The van der Waals surface area contributed by atoms with Crippen LogP contribution in [0.4, 0.5) is 17.6 Å². The lowest BCUT2D eigenvalue weighted by Crippen LogP contribution is -2.51. The minimum Gasteiger partial charge on any atom is -0.464 e. The largest absolute Gasteiger partial charge is 0.464 e. The molecular formula is C20H31N7O2. The summed E-state index contributed by atoms with van der Waals surface area (Å²) in [6.07, 6.45) is 4.29. The number of carbonyl (C=O) groups is 1. The third-order valence-electron chi connectivity index (χ3n) is 5.27. The Labute approximate surface area is 171 Å². The number of esters is 1. The number of aryl methyl sites for hydroxylation is 1. The molecule has 0 saturated carbocycles. The number of nitrogens with one attached hydrogen (secondary N) is 3. The van der Waals surface area contributed by atoms with E-state index in [1.54, 1.807) is 6.07 Å². The fourth-order valence-corrected chi connectivity index (χ4v) is 3.88. The summed E-state index contributed by atoms with van der Waals surface area (Å²) < 4.78 is 4.88. The van der Waals surface area contributed by atoms with E-state index in [-0.39, 0.29) is 11.7 Å². The molecule has 2 aromatic heterocycles. The van der Waals surface area contributed by atoms with E-state index >= 15 is 0 Å². The van der Waals surface area contributed by atoms with Gasteiger partial charge in [0, 0.05) is 43.0 Å². The van der Waals surface area contributed by atoms with Crippen LogP contribution in [0.1, 0.15) is 55.7 Å². The quantitative estimate of drug-likeness (QED) is 0.608. The van der Waals surface area contributed by atoms with Gasteiger partial charge in [-0.1, -0.05) is 13.3 Å². The maximum Gasteiger partial charge on any atom is 0.356 e. The molecule has 0 radical (unpaired) electrons. The van der Waals surface area contributed by atoms with Gasteiger partial charge in [0.05, 0.1) is 7.11 Å². The fraction of sp³-hybridized carbons (Fsp3) is 0.600. The minimum absolute atomic E-state index is 0.214. The topological polar surface area (TPSA) is 108 Å². The van der Waals surface area contributed by atoms with Gasteiger partial charge in [0.2, 0.25) is 5.95 Å². The van der Waals surface area contributed by atoms with Crippen molar-refractivity contribution in [3.05, 3.63) is 23.5 Å². The van der Waals surface area contributed by atoms with E-state index in [9.17, 15) is 4.79 Å². The number of methoxy groups -OCH3 is 1. The van der Waals surface area contributed by atoms with Crippen LogP contribution in [0.2, 0.25) is 0 Å². The Bertz CT molecular complexity index is 838. The summed E-state index contributed by atoms with van der Waals surface area (Å²) in [5, 5.41) is 13.9. The molecule has 0 aromatic carbocycles. The molecule has 2 aromatic rings. The number of hydrogen-bond donors (Lipinski definition) is 3. The zero-order chi connectivity index (χ0) is 21.0. The van der Waals surface area contributed by atoms with Crippen LogP contribution in [0.25, 0.3) is 0 Å². The number of piperidine rings is 1. The summed E-state index contributed by atoms with van der Waals surface area (Å²) in [7, 11) is 3.34. The Balaban J connectivity index is 1.87. The van der Waals surface area contributed by atoms with Crippen LogP contribution >= 0.6 is 0 Å². The van der Waals surface area contributed by atoms with E-state index in [4.69, 9.17) is 4.74 Å². The fourth-order valence-electron chi connectivity index (χ4n) is 3.88. The van der Waals surface area contributed by atoms with Crippen molar-refractivity contribution in [2.45, 2.75) is 64.6 Å². The zero-order valence-electron chi connectivity index (χ0n) is 17.8. The van der Waals surface area contributed by atoms with Crippen LogP contribution in [-0.4, -0.2) is 58.4 Å². The first-order chi connectivity index (χ1) is 13.9. The second-order valence-corrected chi connectivity index (χ2v) is 7.78. The molecule has 9 heteroatoms. The van der Waals surface area contributed by atoms with Crippen molar-refractivity contribution in [2.75, 3.05) is 24.4 Å². The SMILES string of the molecule is CCC[C@H]1C[C@H](N(C)c2nc(Nc3cc(C)[nH]n3)cc(C(=O)OC)n2)C[C@@H](C)N1. The molecule has 0 bridgehead atoms. The molecule has 1 saturated heterocycles. The third kappa shape index (κ3) is 5.23. The van der Waals surface area contributed by atoms with Gasteiger partial charge in [-0.2, -0.15) is 10.1 Å². The van der Waals surface area contributed by atoms with Crippen LogP contribution in [0.5, 0.6) is 0 Å². The van der Waals surface area contributed by atoms with E-state index in [0.717, 1.165) is 31.4 Å². The predicted octanol–water partition coefficient (Wildman–Crippen LogP) is 2.78. The first-order valence-corrected chi connectivity index (χ1v) is 10.1. The number of rotatable bonds is 7. The van der Waals surface area contributed by atoms with Crippen molar-refractivity contribution in [2.24, 2.45) is 0 Å². The minimum atomic E-state index is -0.495. The zero-order valence-corrected chi connectivity index (χ0v) is 17.8. The van der Waals surface area contributed by atoms with Crippen molar-refractivity contribution in [1.29, 1.82) is 0 Å². The van der Waals surface area contributed by atoms with Gasteiger partial charge in [0.25, 0.3) is 0 Å². The van der Waals surface area contributed by atoms with Gasteiger partial charge in [0.1, 0.15) is 5.82 Å². The highest BCUT2D eigenvalue weighted by Gasteiger charge is 2.29. The second kappa shape index (κ2) is 9.21. The molecule has 29 heavy (non-hydrogen) atoms. The van der Waals surface area contributed by atoms with Gasteiger partial charge in [-0.3, -0.25) is 5.10 Å². The van der Waals surface area contributed by atoms with Crippen LogP contribution < -0.4 is 15.5 Å². The lowest BCUT2D eigenvalue weighted by Gasteiger charge is -2.39. The molecule has 3 heterocycles. The van der Waals surface area contributed by atoms with Gasteiger partial charge in [-0.05, 0) is 33.1 Å². The summed E-state index contributed by atoms with van der Waals surface area (Å²) in [6.45, 7) is 6.33. The van der Waals surface area contributed by atoms with Gasteiger partial charge >= 0.3 is 5.97 Å². The maximum absolute atomic E-state index is 12.2. The molecule has 0 aliphatic carbocycles. The number of nitrogens with zero attached hydrogens (tertiary/aromatic N) is 4. The van der Waals surface area contributed by atoms with Crippen LogP contribution in [0, 0.1) is 6.92 Å². The van der Waals surface area contributed by atoms with Gasteiger partial charge in [0.15, 0.2) is 11.5 Å². The molecule has 158 valence electrons.